The third-order valence-corrected chi connectivity index (χ3v) is 5.32. The summed E-state index contributed by atoms with van der Waals surface area (Å²) in [5.41, 5.74) is 5.80. The molecule has 6 nitrogen and oxygen atoms in total. The van der Waals surface area contributed by atoms with Crippen LogP contribution in [0.1, 0.15) is 23.7 Å². The molecule has 4 rings (SSSR count). The number of rotatable bonds is 3. The van der Waals surface area contributed by atoms with Crippen molar-refractivity contribution in [3.8, 4) is 5.69 Å². The Morgan fingerprint density at radius 3 is 2.48 bits per heavy atom. The fourth-order valence-electron chi connectivity index (χ4n) is 3.93. The monoisotopic (exact) mass is 399 g/mol. The zero-order chi connectivity index (χ0) is 20.9. The van der Waals surface area contributed by atoms with E-state index >= 15 is 0 Å². The van der Waals surface area contributed by atoms with Gasteiger partial charge < -0.3 is 20.3 Å². The molecule has 150 valence electrons. The first kappa shape index (κ1) is 19.1. The highest BCUT2D eigenvalue weighted by molar-refractivity contribution is 5.94. The van der Waals surface area contributed by atoms with Crippen molar-refractivity contribution in [3.05, 3.63) is 70.0 Å². The maximum absolute atomic E-state index is 14.9. The topological polar surface area (TPSA) is 88.6 Å². The molecule has 1 aliphatic rings. The molecule has 1 aliphatic heterocycles. The molecule has 3 N–H and O–H groups in total. The number of nitrogens with two attached hydrogens (primary N) is 1. The summed E-state index contributed by atoms with van der Waals surface area (Å²) in [7, 11) is 0. The highest BCUT2D eigenvalue weighted by Gasteiger charge is 2.29. The molecule has 1 aromatic heterocycles. The molecular weight excluding hydrogens is 380 g/mol. The number of pyridine rings is 1. The van der Waals surface area contributed by atoms with Crippen LogP contribution in [0.15, 0.2) is 47.4 Å². The van der Waals surface area contributed by atoms with E-state index in [1.54, 1.807) is 0 Å². The molecule has 0 aliphatic carbocycles. The van der Waals surface area contributed by atoms with E-state index in [0.29, 0.717) is 24.2 Å². The van der Waals surface area contributed by atoms with Gasteiger partial charge in [-0.25, -0.2) is 13.6 Å². The van der Waals surface area contributed by atoms with E-state index < -0.39 is 28.6 Å². The maximum atomic E-state index is 14.9. The Bertz CT molecular complexity index is 1170. The number of carbonyl (C=O) groups is 1. The number of hydrogen-bond donors (Lipinski definition) is 2. The van der Waals surface area contributed by atoms with Crippen molar-refractivity contribution in [1.82, 2.24) is 4.57 Å². The van der Waals surface area contributed by atoms with Crippen molar-refractivity contribution >= 4 is 22.6 Å². The summed E-state index contributed by atoms with van der Waals surface area (Å²) >= 11 is 0. The van der Waals surface area contributed by atoms with Gasteiger partial charge in [0.2, 0.25) is 5.43 Å². The van der Waals surface area contributed by atoms with Gasteiger partial charge in [-0.1, -0.05) is 0 Å². The minimum atomic E-state index is -1.42. The summed E-state index contributed by atoms with van der Waals surface area (Å²) in [6, 6.07) is 7.89. The lowest BCUT2D eigenvalue weighted by atomic mass is 10.1. The lowest BCUT2D eigenvalue weighted by Crippen LogP contribution is -2.30. The third-order valence-electron chi connectivity index (χ3n) is 5.32. The summed E-state index contributed by atoms with van der Waals surface area (Å²) in [5.74, 6) is -2.50. The summed E-state index contributed by atoms with van der Waals surface area (Å²) in [6.07, 6.45) is 1.89. The molecule has 2 heterocycles. The Labute approximate surface area is 164 Å². The lowest BCUT2D eigenvalue weighted by Gasteiger charge is -2.25. The van der Waals surface area contributed by atoms with Crippen molar-refractivity contribution in [2.45, 2.75) is 25.4 Å². The second-order valence-electron chi connectivity index (χ2n) is 7.34. The normalized spacial score (nSPS) is 19.1. The van der Waals surface area contributed by atoms with E-state index in [-0.39, 0.29) is 23.2 Å². The predicted molar refractivity (Wildman–Crippen MR) is 106 cm³/mol. The van der Waals surface area contributed by atoms with Crippen LogP contribution >= 0.6 is 0 Å². The van der Waals surface area contributed by atoms with Gasteiger partial charge in [0.1, 0.15) is 17.2 Å². The van der Waals surface area contributed by atoms with Crippen LogP contribution in [0.2, 0.25) is 0 Å². The van der Waals surface area contributed by atoms with Gasteiger partial charge in [0.25, 0.3) is 0 Å². The van der Waals surface area contributed by atoms with Crippen molar-refractivity contribution in [1.29, 1.82) is 0 Å². The van der Waals surface area contributed by atoms with Crippen LogP contribution in [0, 0.1) is 11.6 Å². The van der Waals surface area contributed by atoms with Crippen LogP contribution in [0.5, 0.6) is 0 Å². The van der Waals surface area contributed by atoms with Gasteiger partial charge in [-0.15, -0.1) is 0 Å². The van der Waals surface area contributed by atoms with Gasteiger partial charge in [0.15, 0.2) is 0 Å². The number of aromatic carboxylic acids is 1. The number of hydrogen-bond acceptors (Lipinski definition) is 4. The Morgan fingerprint density at radius 2 is 1.90 bits per heavy atom. The fraction of sp³-hybridized carbons (Fsp3) is 0.238. The minimum absolute atomic E-state index is 0.0150. The van der Waals surface area contributed by atoms with Crippen LogP contribution in [-0.2, 0) is 0 Å². The number of carboxylic acid groups (broad SMARTS) is 1. The summed E-state index contributed by atoms with van der Waals surface area (Å²) in [4.78, 5) is 26.0. The molecular formula is C21H19F2N3O3. The van der Waals surface area contributed by atoms with E-state index in [9.17, 15) is 23.5 Å². The zero-order valence-corrected chi connectivity index (χ0v) is 15.6. The van der Waals surface area contributed by atoms with E-state index in [1.165, 1.54) is 41.1 Å². The summed E-state index contributed by atoms with van der Waals surface area (Å²) in [6.45, 7) is 2.41. The highest BCUT2D eigenvalue weighted by atomic mass is 19.1. The summed E-state index contributed by atoms with van der Waals surface area (Å²) < 4.78 is 29.8. The molecule has 3 aromatic rings. The number of carboxylic acids is 1. The molecule has 29 heavy (non-hydrogen) atoms. The quantitative estimate of drug-likeness (QED) is 0.707. The number of aromatic nitrogens is 1. The van der Waals surface area contributed by atoms with Gasteiger partial charge >= 0.3 is 5.97 Å². The second-order valence-corrected chi connectivity index (χ2v) is 7.34. The van der Waals surface area contributed by atoms with Gasteiger partial charge in [-0.05, 0) is 49.7 Å². The molecule has 0 radical (unpaired) electrons. The van der Waals surface area contributed by atoms with Crippen LogP contribution in [0.4, 0.5) is 14.5 Å². The first-order chi connectivity index (χ1) is 13.8. The minimum Gasteiger partial charge on any atom is -0.477 e. The second kappa shape index (κ2) is 6.97. The Hall–Kier alpha value is -3.26. The number of fused-ring (bicyclic) bond motifs is 1. The smallest absolute Gasteiger partial charge is 0.341 e. The highest BCUT2D eigenvalue weighted by Crippen LogP contribution is 2.31. The average Bonchev–Trinajstić information content (AvgIpc) is 3.00. The molecule has 0 unspecified atom stereocenters. The van der Waals surface area contributed by atoms with Crippen LogP contribution < -0.4 is 16.1 Å². The zero-order valence-electron chi connectivity index (χ0n) is 15.6. The Balaban J connectivity index is 2.02. The Morgan fingerprint density at radius 1 is 1.21 bits per heavy atom. The Kier molecular flexibility index (Phi) is 4.58. The van der Waals surface area contributed by atoms with Crippen molar-refractivity contribution in [2.75, 3.05) is 11.4 Å². The molecule has 0 saturated carbocycles. The molecule has 1 saturated heterocycles. The van der Waals surface area contributed by atoms with Crippen LogP contribution in [-0.4, -0.2) is 34.3 Å². The first-order valence-electron chi connectivity index (χ1n) is 9.16. The van der Waals surface area contributed by atoms with Crippen molar-refractivity contribution < 1.29 is 18.7 Å². The molecule has 8 heteroatoms. The van der Waals surface area contributed by atoms with E-state index in [4.69, 9.17) is 5.73 Å². The summed E-state index contributed by atoms with van der Waals surface area (Å²) in [5, 5.41) is 9.35. The van der Waals surface area contributed by atoms with E-state index in [0.717, 1.165) is 6.07 Å². The lowest BCUT2D eigenvalue weighted by molar-refractivity contribution is 0.0695. The molecule has 2 atom stereocenters. The van der Waals surface area contributed by atoms with Gasteiger partial charge in [-0.3, -0.25) is 4.79 Å². The number of nitrogens with zero attached hydrogens (tertiary/aromatic N) is 2. The SMILES string of the molecule is C[C@H]1C[C@H](N)CN1c1cc2c(cc1F)c(=O)c(C(=O)O)cn2-c1ccc(F)cc1. The number of halogens is 2. The molecule has 0 bridgehead atoms. The number of benzene rings is 2. The predicted octanol–water partition coefficient (Wildman–Crippen LogP) is 2.89. The van der Waals surface area contributed by atoms with E-state index in [1.807, 2.05) is 11.8 Å². The first-order valence-corrected chi connectivity index (χ1v) is 9.16. The number of anilines is 1. The third kappa shape index (κ3) is 3.25. The maximum Gasteiger partial charge on any atom is 0.341 e. The fourth-order valence-corrected chi connectivity index (χ4v) is 3.93. The van der Waals surface area contributed by atoms with Crippen LogP contribution in [0.25, 0.3) is 16.6 Å². The van der Waals surface area contributed by atoms with Crippen LogP contribution in [0.3, 0.4) is 0 Å². The standard InChI is InChI=1S/C21H19F2N3O3/c1-11-6-13(24)9-25(11)19-8-18-15(7-17(19)23)20(27)16(21(28)29)10-26(18)14-4-2-12(22)3-5-14/h2-5,7-8,10-11,13H,6,9,24H2,1H3,(H,28,29)/t11-,13-/m0/s1. The van der Waals surface area contributed by atoms with Gasteiger partial charge in [0, 0.05) is 35.9 Å². The van der Waals surface area contributed by atoms with Crippen molar-refractivity contribution in [3.63, 3.8) is 0 Å². The van der Waals surface area contributed by atoms with Crippen molar-refractivity contribution in [2.24, 2.45) is 5.73 Å². The molecule has 0 spiro atoms. The van der Waals surface area contributed by atoms with Gasteiger partial charge in [-0.2, -0.15) is 0 Å². The molecule has 2 aromatic carbocycles. The largest absolute Gasteiger partial charge is 0.477 e. The molecule has 0 amide bonds. The van der Waals surface area contributed by atoms with E-state index in [2.05, 4.69) is 0 Å². The average molecular weight is 399 g/mol. The van der Waals surface area contributed by atoms with Gasteiger partial charge in [0.05, 0.1) is 11.2 Å². The molecule has 1 fully saturated rings.